The molecule has 1 N–H and O–H groups in total. The maximum absolute atomic E-state index is 13.3. The highest BCUT2D eigenvalue weighted by atomic mass is 19.1. The van der Waals surface area contributed by atoms with Gasteiger partial charge in [0.15, 0.2) is 0 Å². The van der Waals surface area contributed by atoms with Gasteiger partial charge in [-0.05, 0) is 48.6 Å². The van der Waals surface area contributed by atoms with Crippen molar-refractivity contribution in [3.8, 4) is 0 Å². The first kappa shape index (κ1) is 12.2. The van der Waals surface area contributed by atoms with E-state index in [2.05, 4.69) is 29.6 Å². The fourth-order valence-electron chi connectivity index (χ4n) is 2.85. The molecule has 0 bridgehead atoms. The van der Waals surface area contributed by atoms with Gasteiger partial charge in [-0.2, -0.15) is 0 Å². The molecule has 0 saturated heterocycles. The van der Waals surface area contributed by atoms with Crippen LogP contribution in [0.15, 0.2) is 48.5 Å². The molecule has 0 heterocycles. The van der Waals surface area contributed by atoms with Gasteiger partial charge < -0.3 is 5.32 Å². The summed E-state index contributed by atoms with van der Waals surface area (Å²) in [6.07, 6.45) is 4.70. The average molecular weight is 255 g/mol. The Balaban J connectivity index is 1.88. The summed E-state index contributed by atoms with van der Waals surface area (Å²) in [5.41, 5.74) is 3.65. The monoisotopic (exact) mass is 255 g/mol. The van der Waals surface area contributed by atoms with Crippen molar-refractivity contribution in [1.29, 1.82) is 0 Å². The normalized spacial score (nSPS) is 18.5. The number of benzene rings is 2. The minimum absolute atomic E-state index is 0.188. The quantitative estimate of drug-likeness (QED) is 0.767. The van der Waals surface area contributed by atoms with Crippen LogP contribution in [0, 0.1) is 5.82 Å². The summed E-state index contributed by atoms with van der Waals surface area (Å²) in [6, 6.07) is 15.6. The van der Waals surface area contributed by atoms with Crippen LogP contribution in [-0.2, 0) is 6.42 Å². The fraction of sp³-hybridized carbons (Fsp3) is 0.294. The van der Waals surface area contributed by atoms with Crippen molar-refractivity contribution >= 4 is 5.69 Å². The van der Waals surface area contributed by atoms with Gasteiger partial charge in [0.2, 0.25) is 0 Å². The summed E-state index contributed by atoms with van der Waals surface area (Å²) in [5, 5.41) is 3.48. The summed E-state index contributed by atoms with van der Waals surface area (Å²) < 4.78 is 13.3. The van der Waals surface area contributed by atoms with Gasteiger partial charge >= 0.3 is 0 Å². The van der Waals surface area contributed by atoms with E-state index in [0.29, 0.717) is 6.04 Å². The number of aryl methyl sites for hydroxylation is 1. The predicted molar refractivity (Wildman–Crippen MR) is 76.8 cm³/mol. The Bertz CT molecular complexity index is 565. The van der Waals surface area contributed by atoms with Gasteiger partial charge in [-0.15, -0.1) is 0 Å². The zero-order valence-electron chi connectivity index (χ0n) is 10.9. The molecule has 2 aromatic rings. The van der Waals surface area contributed by atoms with Crippen molar-refractivity contribution in [3.05, 3.63) is 65.5 Å². The molecule has 0 fully saturated rings. The Kier molecular flexibility index (Phi) is 3.49. The third kappa shape index (κ3) is 2.78. The Hall–Kier alpha value is -1.83. The molecule has 1 nitrogen and oxygen atoms in total. The Morgan fingerprint density at radius 2 is 1.89 bits per heavy atom. The second kappa shape index (κ2) is 5.43. The fourth-order valence-corrected chi connectivity index (χ4v) is 2.85. The highest BCUT2D eigenvalue weighted by Gasteiger charge is 2.17. The Labute approximate surface area is 113 Å². The van der Waals surface area contributed by atoms with Gasteiger partial charge in [0.1, 0.15) is 5.82 Å². The lowest BCUT2D eigenvalue weighted by atomic mass is 9.99. The van der Waals surface area contributed by atoms with Crippen molar-refractivity contribution in [2.24, 2.45) is 0 Å². The Morgan fingerprint density at radius 3 is 2.79 bits per heavy atom. The molecule has 0 saturated carbocycles. The van der Waals surface area contributed by atoms with Gasteiger partial charge in [-0.25, -0.2) is 4.39 Å². The lowest BCUT2D eigenvalue weighted by molar-refractivity contribution is 0.624. The van der Waals surface area contributed by atoms with E-state index < -0.39 is 0 Å². The average Bonchev–Trinajstić information content (AvgIpc) is 2.62. The van der Waals surface area contributed by atoms with Crippen molar-refractivity contribution in [2.75, 3.05) is 5.32 Å². The molecular weight excluding hydrogens is 237 g/mol. The molecule has 98 valence electrons. The zero-order chi connectivity index (χ0) is 13.1. The number of fused-ring (bicyclic) bond motifs is 1. The first-order valence-corrected chi connectivity index (χ1v) is 6.93. The van der Waals surface area contributed by atoms with E-state index in [0.717, 1.165) is 18.5 Å². The van der Waals surface area contributed by atoms with Crippen LogP contribution in [0.5, 0.6) is 0 Å². The third-order valence-corrected chi connectivity index (χ3v) is 3.78. The molecule has 0 amide bonds. The Morgan fingerprint density at radius 1 is 1.00 bits per heavy atom. The van der Waals surface area contributed by atoms with E-state index in [1.54, 1.807) is 12.1 Å². The number of anilines is 1. The van der Waals surface area contributed by atoms with Gasteiger partial charge in [0, 0.05) is 5.69 Å². The van der Waals surface area contributed by atoms with Crippen LogP contribution in [0.4, 0.5) is 10.1 Å². The number of rotatable bonds is 2. The van der Waals surface area contributed by atoms with Crippen molar-refractivity contribution < 1.29 is 4.39 Å². The van der Waals surface area contributed by atoms with Crippen LogP contribution in [0.2, 0.25) is 0 Å². The van der Waals surface area contributed by atoms with Crippen LogP contribution < -0.4 is 5.32 Å². The second-order valence-corrected chi connectivity index (χ2v) is 5.15. The maximum atomic E-state index is 13.3. The van der Waals surface area contributed by atoms with Crippen LogP contribution >= 0.6 is 0 Å². The molecule has 1 atom stereocenters. The molecule has 1 aliphatic rings. The van der Waals surface area contributed by atoms with Gasteiger partial charge in [0.05, 0.1) is 6.04 Å². The van der Waals surface area contributed by atoms with Crippen molar-refractivity contribution in [2.45, 2.75) is 31.7 Å². The van der Waals surface area contributed by atoms with Gasteiger partial charge in [-0.1, -0.05) is 36.8 Å². The molecule has 0 aliphatic heterocycles. The van der Waals surface area contributed by atoms with Gasteiger partial charge in [-0.3, -0.25) is 0 Å². The summed E-state index contributed by atoms with van der Waals surface area (Å²) in [7, 11) is 0. The zero-order valence-corrected chi connectivity index (χ0v) is 10.9. The van der Waals surface area contributed by atoms with E-state index in [1.807, 2.05) is 6.07 Å². The second-order valence-electron chi connectivity index (χ2n) is 5.15. The lowest BCUT2D eigenvalue weighted by Gasteiger charge is -2.20. The minimum Gasteiger partial charge on any atom is -0.378 e. The maximum Gasteiger partial charge on any atom is 0.125 e. The van der Waals surface area contributed by atoms with E-state index in [9.17, 15) is 4.39 Å². The third-order valence-electron chi connectivity index (χ3n) is 3.78. The van der Waals surface area contributed by atoms with Gasteiger partial charge in [0.25, 0.3) is 0 Å². The SMILES string of the molecule is Fc1cccc(NC2CCCCc3ccccc32)c1. The molecule has 19 heavy (non-hydrogen) atoms. The molecule has 0 spiro atoms. The smallest absolute Gasteiger partial charge is 0.125 e. The molecule has 1 aliphatic carbocycles. The predicted octanol–water partition coefficient (Wildman–Crippen LogP) is 4.71. The summed E-state index contributed by atoms with van der Waals surface area (Å²) in [6.45, 7) is 0. The minimum atomic E-state index is -0.188. The van der Waals surface area contributed by atoms with Crippen LogP contribution in [0.1, 0.15) is 36.4 Å². The molecule has 2 aromatic carbocycles. The largest absolute Gasteiger partial charge is 0.378 e. The van der Waals surface area contributed by atoms with E-state index >= 15 is 0 Å². The standard InChI is InChI=1S/C17H18FN/c18-14-8-5-9-15(12-14)19-17-11-4-2-7-13-6-1-3-10-16(13)17/h1,3,5-6,8-10,12,17,19H,2,4,7,11H2. The molecular formula is C17H18FN. The number of hydrogen-bond acceptors (Lipinski definition) is 1. The molecule has 1 unspecified atom stereocenters. The molecule has 0 radical (unpaired) electrons. The van der Waals surface area contributed by atoms with Crippen molar-refractivity contribution in [3.63, 3.8) is 0 Å². The summed E-state index contributed by atoms with van der Waals surface area (Å²) >= 11 is 0. The molecule has 3 rings (SSSR count). The first-order chi connectivity index (χ1) is 9.33. The number of nitrogens with one attached hydrogen (secondary N) is 1. The summed E-state index contributed by atoms with van der Waals surface area (Å²) in [4.78, 5) is 0. The molecule has 2 heteroatoms. The summed E-state index contributed by atoms with van der Waals surface area (Å²) in [5.74, 6) is -0.188. The van der Waals surface area contributed by atoms with E-state index in [1.165, 1.54) is 30.0 Å². The van der Waals surface area contributed by atoms with Crippen molar-refractivity contribution in [1.82, 2.24) is 0 Å². The molecule has 0 aromatic heterocycles. The van der Waals surface area contributed by atoms with E-state index in [-0.39, 0.29) is 5.82 Å². The number of halogens is 1. The lowest BCUT2D eigenvalue weighted by Crippen LogP contribution is -2.11. The number of hydrogen-bond donors (Lipinski definition) is 1. The van der Waals surface area contributed by atoms with E-state index in [4.69, 9.17) is 0 Å². The topological polar surface area (TPSA) is 12.0 Å². The van der Waals surface area contributed by atoms with Crippen LogP contribution in [0.25, 0.3) is 0 Å². The highest BCUT2D eigenvalue weighted by molar-refractivity contribution is 5.47. The first-order valence-electron chi connectivity index (χ1n) is 6.93. The van der Waals surface area contributed by atoms with Crippen LogP contribution in [0.3, 0.4) is 0 Å². The highest BCUT2D eigenvalue weighted by Crippen LogP contribution is 2.31. The van der Waals surface area contributed by atoms with Crippen LogP contribution in [-0.4, -0.2) is 0 Å².